The van der Waals surface area contributed by atoms with E-state index in [0.29, 0.717) is 23.9 Å². The summed E-state index contributed by atoms with van der Waals surface area (Å²) in [4.78, 5) is 33.0. The topological polar surface area (TPSA) is 66.1 Å². The number of aromatic nitrogens is 2. The number of benzene rings is 1. The molecular weight excluding hydrogens is 309 g/mol. The molecule has 1 amide bonds. The summed E-state index contributed by atoms with van der Waals surface area (Å²) in [5.41, 5.74) is 1.84. The molecule has 0 fully saturated rings. The number of halogens is 1. The first-order valence-corrected chi connectivity index (χ1v) is 7.51. The van der Waals surface area contributed by atoms with E-state index in [4.69, 9.17) is 0 Å². The van der Waals surface area contributed by atoms with Gasteiger partial charge in [0.1, 0.15) is 5.82 Å². The number of carbonyl (C=O) groups excluding carboxylic acids is 2. The molecule has 0 aliphatic heterocycles. The van der Waals surface area contributed by atoms with E-state index in [-0.39, 0.29) is 5.56 Å². The van der Waals surface area contributed by atoms with Gasteiger partial charge in [0, 0.05) is 43.1 Å². The highest BCUT2D eigenvalue weighted by molar-refractivity contribution is 6.44. The third kappa shape index (κ3) is 3.17. The van der Waals surface area contributed by atoms with Gasteiger partial charge in [-0.15, -0.1) is 0 Å². The maximum absolute atomic E-state index is 13.4. The number of ketones is 1. The molecule has 0 radical (unpaired) electrons. The summed E-state index contributed by atoms with van der Waals surface area (Å²) < 4.78 is 13.4. The van der Waals surface area contributed by atoms with Crippen molar-refractivity contribution < 1.29 is 14.0 Å². The molecule has 5 nitrogen and oxygen atoms in total. The second-order valence-corrected chi connectivity index (χ2v) is 5.55. The zero-order valence-corrected chi connectivity index (χ0v) is 13.1. The van der Waals surface area contributed by atoms with Gasteiger partial charge in [0.15, 0.2) is 0 Å². The van der Waals surface area contributed by atoms with Crippen molar-refractivity contribution in [1.82, 2.24) is 14.9 Å². The zero-order valence-electron chi connectivity index (χ0n) is 13.1. The Morgan fingerprint density at radius 2 is 1.96 bits per heavy atom. The monoisotopic (exact) mass is 325 g/mol. The largest absolute Gasteiger partial charge is 0.360 e. The van der Waals surface area contributed by atoms with Crippen LogP contribution in [0, 0.1) is 5.82 Å². The molecule has 1 aromatic carbocycles. The van der Waals surface area contributed by atoms with Crippen molar-refractivity contribution in [2.24, 2.45) is 0 Å². The second kappa shape index (κ2) is 6.62. The number of nitrogens with one attached hydrogen (secondary N) is 1. The van der Waals surface area contributed by atoms with Gasteiger partial charge in [0.05, 0.1) is 5.56 Å². The first kappa shape index (κ1) is 15.9. The summed E-state index contributed by atoms with van der Waals surface area (Å²) in [6.07, 6.45) is 5.44. The molecule has 0 unspecified atom stereocenters. The quantitative estimate of drug-likeness (QED) is 0.579. The van der Waals surface area contributed by atoms with E-state index >= 15 is 0 Å². The van der Waals surface area contributed by atoms with Crippen LogP contribution in [0.2, 0.25) is 0 Å². The minimum absolute atomic E-state index is 0.185. The van der Waals surface area contributed by atoms with Crippen molar-refractivity contribution in [2.75, 3.05) is 13.6 Å². The fourth-order valence-electron chi connectivity index (χ4n) is 2.52. The Hall–Kier alpha value is -3.02. The summed E-state index contributed by atoms with van der Waals surface area (Å²) in [6, 6.07) is 7.82. The Morgan fingerprint density at radius 1 is 1.21 bits per heavy atom. The van der Waals surface area contributed by atoms with Gasteiger partial charge in [0.25, 0.3) is 11.7 Å². The lowest BCUT2D eigenvalue weighted by molar-refractivity contribution is -0.125. The maximum Gasteiger partial charge on any atom is 0.294 e. The lowest BCUT2D eigenvalue weighted by atomic mass is 10.1. The Morgan fingerprint density at radius 3 is 2.71 bits per heavy atom. The van der Waals surface area contributed by atoms with Crippen molar-refractivity contribution in [3.8, 4) is 0 Å². The lowest BCUT2D eigenvalue weighted by Gasteiger charge is -2.16. The first-order valence-electron chi connectivity index (χ1n) is 7.51. The van der Waals surface area contributed by atoms with Crippen LogP contribution in [0.15, 0.2) is 48.9 Å². The summed E-state index contributed by atoms with van der Waals surface area (Å²) in [5.74, 6) is -1.71. The summed E-state index contributed by atoms with van der Waals surface area (Å²) in [7, 11) is 1.58. The van der Waals surface area contributed by atoms with E-state index < -0.39 is 17.5 Å². The van der Waals surface area contributed by atoms with Crippen LogP contribution in [-0.2, 0) is 11.2 Å². The van der Waals surface area contributed by atoms with Crippen LogP contribution in [0.4, 0.5) is 4.39 Å². The number of amides is 1. The molecule has 0 atom stereocenters. The first-order chi connectivity index (χ1) is 11.6. The van der Waals surface area contributed by atoms with Gasteiger partial charge in [-0.05, 0) is 42.3 Å². The number of Topliss-reactive ketones (excluding diaryl/α,β-unsaturated/α-hetero) is 1. The third-order valence-electron chi connectivity index (χ3n) is 3.91. The molecule has 0 spiro atoms. The number of carbonyl (C=O) groups is 2. The van der Waals surface area contributed by atoms with Gasteiger partial charge in [0.2, 0.25) is 0 Å². The number of hydrogen-bond donors (Lipinski definition) is 1. The van der Waals surface area contributed by atoms with E-state index in [0.717, 1.165) is 5.56 Å². The van der Waals surface area contributed by atoms with Crippen LogP contribution < -0.4 is 0 Å². The highest BCUT2D eigenvalue weighted by atomic mass is 19.1. The van der Waals surface area contributed by atoms with E-state index in [1.807, 2.05) is 12.1 Å². The number of pyridine rings is 1. The van der Waals surface area contributed by atoms with Crippen LogP contribution in [-0.4, -0.2) is 40.2 Å². The number of H-pyrrole nitrogens is 1. The van der Waals surface area contributed by atoms with Crippen molar-refractivity contribution in [3.63, 3.8) is 0 Å². The number of rotatable bonds is 5. The Labute approximate surface area is 138 Å². The smallest absolute Gasteiger partial charge is 0.294 e. The lowest BCUT2D eigenvalue weighted by Crippen LogP contribution is -2.34. The third-order valence-corrected chi connectivity index (χ3v) is 3.91. The Bertz CT molecular complexity index is 890. The molecule has 122 valence electrons. The molecule has 0 aliphatic carbocycles. The second-order valence-electron chi connectivity index (χ2n) is 5.55. The Kier molecular flexibility index (Phi) is 4.37. The van der Waals surface area contributed by atoms with E-state index in [2.05, 4.69) is 9.97 Å². The van der Waals surface area contributed by atoms with Crippen LogP contribution in [0.1, 0.15) is 15.9 Å². The highest BCUT2D eigenvalue weighted by Crippen LogP contribution is 2.20. The SMILES string of the molecule is CN(CCc1ccncc1)C(=O)C(=O)c1c[nH]c2ccc(F)cc12. The molecule has 24 heavy (non-hydrogen) atoms. The molecule has 1 N–H and O–H groups in total. The van der Waals surface area contributed by atoms with Crippen LogP contribution in [0.25, 0.3) is 10.9 Å². The zero-order chi connectivity index (χ0) is 17.1. The van der Waals surface area contributed by atoms with Crippen molar-refractivity contribution in [1.29, 1.82) is 0 Å². The predicted octanol–water partition coefficient (Wildman–Crippen LogP) is 2.59. The molecule has 0 saturated heterocycles. The summed E-state index contributed by atoms with van der Waals surface area (Å²) in [5, 5.41) is 0.413. The van der Waals surface area contributed by atoms with Gasteiger partial charge in [-0.3, -0.25) is 14.6 Å². The van der Waals surface area contributed by atoms with E-state index in [1.54, 1.807) is 25.5 Å². The fraction of sp³-hybridized carbons (Fsp3) is 0.167. The van der Waals surface area contributed by atoms with Gasteiger partial charge >= 0.3 is 0 Å². The standard InChI is InChI=1S/C18H16FN3O2/c1-22(9-6-12-4-7-20-8-5-12)18(24)17(23)15-11-21-16-3-2-13(19)10-14(15)16/h2-5,7-8,10-11,21H,6,9H2,1H3. The number of likely N-dealkylation sites (N-methyl/N-ethyl adjacent to an activating group) is 1. The molecule has 6 heteroatoms. The normalized spacial score (nSPS) is 10.8. The Balaban J connectivity index is 1.73. The van der Waals surface area contributed by atoms with Gasteiger partial charge in [-0.1, -0.05) is 0 Å². The summed E-state index contributed by atoms with van der Waals surface area (Å²) in [6.45, 7) is 0.408. The van der Waals surface area contributed by atoms with E-state index in [9.17, 15) is 14.0 Å². The molecule has 0 saturated carbocycles. The molecule has 3 rings (SSSR count). The van der Waals surface area contributed by atoms with Crippen LogP contribution in [0.5, 0.6) is 0 Å². The van der Waals surface area contributed by atoms with Crippen LogP contribution >= 0.6 is 0 Å². The van der Waals surface area contributed by atoms with Gasteiger partial charge < -0.3 is 9.88 Å². The van der Waals surface area contributed by atoms with Crippen LogP contribution in [0.3, 0.4) is 0 Å². The minimum atomic E-state index is -0.649. The molecule has 0 aliphatic rings. The number of nitrogens with zero attached hydrogens (tertiary/aromatic N) is 2. The number of hydrogen-bond acceptors (Lipinski definition) is 3. The number of aromatic amines is 1. The fourth-order valence-corrected chi connectivity index (χ4v) is 2.52. The summed E-state index contributed by atoms with van der Waals surface area (Å²) >= 11 is 0. The maximum atomic E-state index is 13.4. The molecule has 2 aromatic heterocycles. The minimum Gasteiger partial charge on any atom is -0.360 e. The van der Waals surface area contributed by atoms with Crippen molar-refractivity contribution in [2.45, 2.75) is 6.42 Å². The highest BCUT2D eigenvalue weighted by Gasteiger charge is 2.23. The molecule has 0 bridgehead atoms. The average molecular weight is 325 g/mol. The van der Waals surface area contributed by atoms with Crippen molar-refractivity contribution >= 4 is 22.6 Å². The average Bonchev–Trinajstić information content (AvgIpc) is 3.02. The molecule has 2 heterocycles. The molecular formula is C18H16FN3O2. The van der Waals surface area contributed by atoms with Gasteiger partial charge in [-0.25, -0.2) is 4.39 Å². The predicted molar refractivity (Wildman–Crippen MR) is 88.2 cm³/mol. The van der Waals surface area contributed by atoms with Crippen molar-refractivity contribution in [3.05, 3.63) is 65.9 Å². The number of fused-ring (bicyclic) bond motifs is 1. The molecule has 3 aromatic rings. The van der Waals surface area contributed by atoms with E-state index in [1.165, 1.54) is 23.2 Å². The van der Waals surface area contributed by atoms with Gasteiger partial charge in [-0.2, -0.15) is 0 Å².